The third kappa shape index (κ3) is 8.34. The normalized spacial score (nSPS) is 11.3. The molecule has 0 radical (unpaired) electrons. The molecule has 0 heterocycles. The molecule has 15 heavy (non-hydrogen) atoms. The highest BCUT2D eigenvalue weighted by molar-refractivity contribution is 7.89. The van der Waals surface area contributed by atoms with Crippen LogP contribution in [0.2, 0.25) is 0 Å². The van der Waals surface area contributed by atoms with Crippen LogP contribution in [-0.2, 0) is 19.6 Å². The van der Waals surface area contributed by atoms with Crippen molar-refractivity contribution >= 4 is 16.0 Å². The molecule has 0 aliphatic carbocycles. The topological polar surface area (TPSA) is 98.5 Å². The minimum absolute atomic E-state index is 0.0628. The zero-order valence-corrected chi connectivity index (χ0v) is 9.68. The number of carbonyl (C=O) groups is 1. The maximum Gasteiger partial charge on any atom is 0.305 e. The second-order valence-electron chi connectivity index (χ2n) is 3.04. The molecule has 0 unspecified atom stereocenters. The summed E-state index contributed by atoms with van der Waals surface area (Å²) in [5, 5.41) is 0. The Morgan fingerprint density at radius 3 is 2.60 bits per heavy atom. The molecule has 0 aromatic heterocycles. The molecule has 90 valence electrons. The van der Waals surface area contributed by atoms with Crippen molar-refractivity contribution in [2.75, 3.05) is 26.0 Å². The summed E-state index contributed by atoms with van der Waals surface area (Å²) in [6, 6.07) is 0. The number of nitrogens with one attached hydrogen (secondary N) is 1. The van der Waals surface area contributed by atoms with Gasteiger partial charge in [0.25, 0.3) is 0 Å². The summed E-state index contributed by atoms with van der Waals surface area (Å²) in [7, 11) is -2.00. The van der Waals surface area contributed by atoms with Crippen molar-refractivity contribution in [1.82, 2.24) is 4.72 Å². The summed E-state index contributed by atoms with van der Waals surface area (Å²) in [5.41, 5.74) is 5.22. The Labute approximate surface area is 90.2 Å². The summed E-state index contributed by atoms with van der Waals surface area (Å²) in [6.07, 6.45) is 0.995. The third-order valence-corrected chi connectivity index (χ3v) is 3.19. The lowest BCUT2D eigenvalue weighted by molar-refractivity contribution is -0.140. The standard InChI is InChI=1S/C8H18N2O4S/c1-14-8(11)4-2-7-15(12,13)10-6-3-5-9/h10H,2-7,9H2,1H3. The number of rotatable bonds is 8. The van der Waals surface area contributed by atoms with Gasteiger partial charge in [-0.15, -0.1) is 0 Å². The number of hydrogen-bond donors (Lipinski definition) is 2. The number of carbonyl (C=O) groups excluding carboxylic acids is 1. The van der Waals surface area contributed by atoms with E-state index in [0.29, 0.717) is 19.5 Å². The van der Waals surface area contributed by atoms with E-state index in [9.17, 15) is 13.2 Å². The summed E-state index contributed by atoms with van der Waals surface area (Å²) in [6.45, 7) is 0.793. The minimum atomic E-state index is -3.27. The van der Waals surface area contributed by atoms with E-state index in [4.69, 9.17) is 5.73 Å². The average molecular weight is 238 g/mol. The van der Waals surface area contributed by atoms with Gasteiger partial charge in [-0.2, -0.15) is 0 Å². The van der Waals surface area contributed by atoms with Crippen LogP contribution >= 0.6 is 0 Å². The number of sulfonamides is 1. The molecule has 0 aliphatic heterocycles. The lowest BCUT2D eigenvalue weighted by atomic mass is 10.3. The largest absolute Gasteiger partial charge is 0.469 e. The maximum absolute atomic E-state index is 11.3. The van der Waals surface area contributed by atoms with Crippen LogP contribution in [0.4, 0.5) is 0 Å². The third-order valence-electron chi connectivity index (χ3n) is 1.72. The highest BCUT2D eigenvalue weighted by Crippen LogP contribution is 1.96. The number of hydrogen-bond acceptors (Lipinski definition) is 5. The van der Waals surface area contributed by atoms with Gasteiger partial charge in [0, 0.05) is 13.0 Å². The summed E-state index contributed by atoms with van der Waals surface area (Å²) in [4.78, 5) is 10.7. The van der Waals surface area contributed by atoms with Gasteiger partial charge in [0.15, 0.2) is 0 Å². The number of esters is 1. The smallest absolute Gasteiger partial charge is 0.305 e. The molecule has 0 spiro atoms. The SMILES string of the molecule is COC(=O)CCCS(=O)(=O)NCCCN. The fourth-order valence-electron chi connectivity index (χ4n) is 0.910. The lowest BCUT2D eigenvalue weighted by Crippen LogP contribution is -2.28. The molecule has 7 heteroatoms. The molecule has 0 aromatic carbocycles. The van der Waals surface area contributed by atoms with E-state index in [1.807, 2.05) is 0 Å². The van der Waals surface area contributed by atoms with Gasteiger partial charge in [-0.25, -0.2) is 13.1 Å². The van der Waals surface area contributed by atoms with Gasteiger partial charge in [0.2, 0.25) is 10.0 Å². The molecule has 0 saturated carbocycles. The first-order valence-corrected chi connectivity index (χ1v) is 6.41. The molecule has 0 amide bonds. The quantitative estimate of drug-likeness (QED) is 0.426. The van der Waals surface area contributed by atoms with Crippen molar-refractivity contribution in [3.05, 3.63) is 0 Å². The Balaban J connectivity index is 3.70. The number of ether oxygens (including phenoxy) is 1. The minimum Gasteiger partial charge on any atom is -0.469 e. The van der Waals surface area contributed by atoms with Gasteiger partial charge in [-0.05, 0) is 19.4 Å². The second kappa shape index (κ2) is 7.61. The molecule has 0 bridgehead atoms. The van der Waals surface area contributed by atoms with Crippen molar-refractivity contribution < 1.29 is 17.9 Å². The molecular formula is C8H18N2O4S. The van der Waals surface area contributed by atoms with E-state index in [1.165, 1.54) is 7.11 Å². The predicted molar refractivity (Wildman–Crippen MR) is 56.7 cm³/mol. The van der Waals surface area contributed by atoms with Crippen molar-refractivity contribution in [2.45, 2.75) is 19.3 Å². The van der Waals surface area contributed by atoms with E-state index in [-0.39, 0.29) is 18.6 Å². The van der Waals surface area contributed by atoms with Crippen LogP contribution in [0.3, 0.4) is 0 Å². The second-order valence-corrected chi connectivity index (χ2v) is 4.96. The Morgan fingerprint density at radius 2 is 2.07 bits per heavy atom. The van der Waals surface area contributed by atoms with Crippen LogP contribution < -0.4 is 10.5 Å². The van der Waals surface area contributed by atoms with E-state index >= 15 is 0 Å². The van der Waals surface area contributed by atoms with E-state index < -0.39 is 16.0 Å². The van der Waals surface area contributed by atoms with Crippen LogP contribution in [0.5, 0.6) is 0 Å². The highest BCUT2D eigenvalue weighted by Gasteiger charge is 2.10. The monoisotopic (exact) mass is 238 g/mol. The Morgan fingerprint density at radius 1 is 1.40 bits per heavy atom. The first-order valence-electron chi connectivity index (χ1n) is 4.76. The van der Waals surface area contributed by atoms with Crippen LogP contribution in [0.15, 0.2) is 0 Å². The van der Waals surface area contributed by atoms with Gasteiger partial charge >= 0.3 is 5.97 Å². The summed E-state index contributed by atoms with van der Waals surface area (Å²) < 4.78 is 29.3. The Hall–Kier alpha value is -0.660. The van der Waals surface area contributed by atoms with Gasteiger partial charge < -0.3 is 10.5 Å². The molecule has 0 rings (SSSR count). The van der Waals surface area contributed by atoms with Crippen LogP contribution in [-0.4, -0.2) is 40.3 Å². The highest BCUT2D eigenvalue weighted by atomic mass is 32.2. The van der Waals surface area contributed by atoms with Crippen molar-refractivity contribution in [1.29, 1.82) is 0 Å². The van der Waals surface area contributed by atoms with Crippen LogP contribution in [0, 0.1) is 0 Å². The summed E-state index contributed by atoms with van der Waals surface area (Å²) >= 11 is 0. The van der Waals surface area contributed by atoms with E-state index in [0.717, 1.165) is 0 Å². The fourth-order valence-corrected chi connectivity index (χ4v) is 2.03. The van der Waals surface area contributed by atoms with Crippen molar-refractivity contribution in [2.24, 2.45) is 5.73 Å². The predicted octanol–water partition coefficient (Wildman–Crippen LogP) is -0.792. The zero-order valence-electron chi connectivity index (χ0n) is 8.86. The molecule has 0 aliphatic rings. The Kier molecular flexibility index (Phi) is 7.27. The average Bonchev–Trinajstić information content (AvgIpc) is 2.17. The number of methoxy groups -OCH3 is 1. The molecule has 0 atom stereocenters. The first-order chi connectivity index (χ1) is 7.02. The lowest BCUT2D eigenvalue weighted by Gasteiger charge is -2.05. The molecule has 3 N–H and O–H groups in total. The molecule has 6 nitrogen and oxygen atoms in total. The van der Waals surface area contributed by atoms with Crippen LogP contribution in [0.1, 0.15) is 19.3 Å². The van der Waals surface area contributed by atoms with Crippen LogP contribution in [0.25, 0.3) is 0 Å². The van der Waals surface area contributed by atoms with Gasteiger partial charge in [-0.1, -0.05) is 0 Å². The first kappa shape index (κ1) is 14.3. The van der Waals surface area contributed by atoms with Gasteiger partial charge in [-0.3, -0.25) is 4.79 Å². The van der Waals surface area contributed by atoms with Gasteiger partial charge in [0.1, 0.15) is 0 Å². The molecule has 0 fully saturated rings. The fraction of sp³-hybridized carbons (Fsp3) is 0.875. The zero-order chi connectivity index (χ0) is 11.7. The number of nitrogens with two attached hydrogens (primary N) is 1. The van der Waals surface area contributed by atoms with E-state index in [2.05, 4.69) is 9.46 Å². The van der Waals surface area contributed by atoms with E-state index in [1.54, 1.807) is 0 Å². The van der Waals surface area contributed by atoms with Crippen molar-refractivity contribution in [3.8, 4) is 0 Å². The Bertz CT molecular complexity index is 276. The van der Waals surface area contributed by atoms with Gasteiger partial charge in [0.05, 0.1) is 12.9 Å². The van der Waals surface area contributed by atoms with Crippen molar-refractivity contribution in [3.63, 3.8) is 0 Å². The molecule has 0 aromatic rings. The molecular weight excluding hydrogens is 220 g/mol. The molecule has 0 saturated heterocycles. The maximum atomic E-state index is 11.3. The summed E-state index contributed by atoms with van der Waals surface area (Å²) in [5.74, 6) is -0.459.